The van der Waals surface area contributed by atoms with Crippen LogP contribution in [0.4, 0.5) is 8.78 Å². The van der Waals surface area contributed by atoms with Crippen molar-refractivity contribution in [3.05, 3.63) is 29.0 Å². The topological polar surface area (TPSA) is 56.0 Å². The predicted octanol–water partition coefficient (Wildman–Crippen LogP) is 2.96. The molecule has 0 aromatic carbocycles. The van der Waals surface area contributed by atoms with Crippen molar-refractivity contribution in [3.63, 3.8) is 0 Å². The number of hydrogen-bond acceptors (Lipinski definition) is 2. The normalized spacial score (nSPS) is 21.0. The molecule has 2 N–H and O–H groups in total. The Hall–Kier alpha value is -1.23. The Kier molecular flexibility index (Phi) is 3.76. The first kappa shape index (κ1) is 14.2. The highest BCUT2D eigenvalue weighted by atomic mass is 35.5. The van der Waals surface area contributed by atoms with Crippen molar-refractivity contribution in [2.24, 2.45) is 11.1 Å². The van der Waals surface area contributed by atoms with E-state index in [4.69, 9.17) is 17.3 Å². The highest BCUT2D eigenvalue weighted by Crippen LogP contribution is 2.45. The van der Waals surface area contributed by atoms with Gasteiger partial charge < -0.3 is 5.73 Å². The van der Waals surface area contributed by atoms with Gasteiger partial charge in [0, 0.05) is 19.0 Å². The van der Waals surface area contributed by atoms with Gasteiger partial charge in [-0.25, -0.2) is 13.8 Å². The molecule has 1 aliphatic carbocycles. The number of carbonyl (C=O) groups excluding carboxylic acids is 1. The molecule has 1 heterocycles. The van der Waals surface area contributed by atoms with Gasteiger partial charge in [0.15, 0.2) is 0 Å². The van der Waals surface area contributed by atoms with E-state index in [2.05, 4.69) is 4.98 Å². The maximum absolute atomic E-state index is 13.2. The molecule has 1 aliphatic rings. The molecule has 1 saturated carbocycles. The summed E-state index contributed by atoms with van der Waals surface area (Å²) in [7, 11) is 0. The second-order valence-corrected chi connectivity index (χ2v) is 5.55. The standard InChI is InChI=1S/C13H15ClF2N2O/c14-10-2-1-9(8-18-10)7-12(11(17)19)3-5-13(15,16)6-4-12/h1-2,8H,3-7H2,(H2,17,19). The van der Waals surface area contributed by atoms with Crippen LogP contribution in [0, 0.1) is 5.41 Å². The molecule has 3 nitrogen and oxygen atoms in total. The zero-order valence-electron chi connectivity index (χ0n) is 10.3. The van der Waals surface area contributed by atoms with Gasteiger partial charge in [-0.3, -0.25) is 4.79 Å². The fourth-order valence-corrected chi connectivity index (χ4v) is 2.62. The van der Waals surface area contributed by atoms with Crippen molar-refractivity contribution in [2.45, 2.75) is 38.0 Å². The summed E-state index contributed by atoms with van der Waals surface area (Å²) in [5.74, 6) is -3.20. The van der Waals surface area contributed by atoms with Gasteiger partial charge >= 0.3 is 0 Å². The van der Waals surface area contributed by atoms with Crippen LogP contribution in [0.1, 0.15) is 31.2 Å². The van der Waals surface area contributed by atoms with Gasteiger partial charge in [-0.2, -0.15) is 0 Å². The molecule has 1 aromatic heterocycles. The van der Waals surface area contributed by atoms with Crippen LogP contribution in [0.3, 0.4) is 0 Å². The monoisotopic (exact) mass is 288 g/mol. The number of aromatic nitrogens is 1. The smallest absolute Gasteiger partial charge is 0.248 e. The molecule has 6 heteroatoms. The minimum absolute atomic E-state index is 0.109. The van der Waals surface area contributed by atoms with Crippen molar-refractivity contribution in [1.82, 2.24) is 4.98 Å². The minimum Gasteiger partial charge on any atom is -0.369 e. The van der Waals surface area contributed by atoms with Crippen LogP contribution in [-0.4, -0.2) is 16.8 Å². The van der Waals surface area contributed by atoms with Gasteiger partial charge in [0.1, 0.15) is 5.15 Å². The van der Waals surface area contributed by atoms with Crippen LogP contribution < -0.4 is 5.73 Å². The summed E-state index contributed by atoms with van der Waals surface area (Å²) >= 11 is 5.69. The van der Waals surface area contributed by atoms with E-state index in [1.807, 2.05) is 0 Å². The van der Waals surface area contributed by atoms with Gasteiger partial charge in [-0.15, -0.1) is 0 Å². The van der Waals surface area contributed by atoms with E-state index in [0.29, 0.717) is 11.6 Å². The zero-order chi connectivity index (χ0) is 14.1. The Labute approximate surface area is 115 Å². The summed E-state index contributed by atoms with van der Waals surface area (Å²) in [4.78, 5) is 15.6. The molecule has 0 radical (unpaired) electrons. The van der Waals surface area contributed by atoms with Gasteiger partial charge in [0.25, 0.3) is 0 Å². The van der Waals surface area contributed by atoms with Gasteiger partial charge in [0.05, 0.1) is 5.41 Å². The molecule has 1 fully saturated rings. The van der Waals surface area contributed by atoms with Crippen molar-refractivity contribution in [3.8, 4) is 0 Å². The molecule has 19 heavy (non-hydrogen) atoms. The summed E-state index contributed by atoms with van der Waals surface area (Å²) in [5, 5.41) is 0.354. The lowest BCUT2D eigenvalue weighted by molar-refractivity contribution is -0.135. The first-order valence-electron chi connectivity index (χ1n) is 6.11. The molecule has 0 spiro atoms. The highest BCUT2D eigenvalue weighted by molar-refractivity contribution is 6.29. The Balaban J connectivity index is 2.17. The number of nitrogens with zero attached hydrogens (tertiary/aromatic N) is 1. The molecule has 0 atom stereocenters. The van der Waals surface area contributed by atoms with Crippen LogP contribution in [0.5, 0.6) is 0 Å². The Morgan fingerprint density at radius 2 is 1.95 bits per heavy atom. The second kappa shape index (κ2) is 5.04. The lowest BCUT2D eigenvalue weighted by Gasteiger charge is -2.37. The van der Waals surface area contributed by atoms with Crippen LogP contribution in [0.25, 0.3) is 0 Å². The predicted molar refractivity (Wildman–Crippen MR) is 68.0 cm³/mol. The molecular formula is C13H15ClF2N2O. The van der Waals surface area contributed by atoms with Crippen molar-refractivity contribution in [1.29, 1.82) is 0 Å². The zero-order valence-corrected chi connectivity index (χ0v) is 11.1. The molecular weight excluding hydrogens is 274 g/mol. The summed E-state index contributed by atoms with van der Waals surface area (Å²) in [6, 6.07) is 3.36. The quantitative estimate of drug-likeness (QED) is 0.869. The maximum atomic E-state index is 13.2. The third-order valence-electron chi connectivity index (χ3n) is 3.79. The summed E-state index contributed by atoms with van der Waals surface area (Å²) in [5.41, 5.74) is 5.33. The fourth-order valence-electron chi connectivity index (χ4n) is 2.51. The molecule has 2 rings (SSSR count). The third kappa shape index (κ3) is 3.21. The van der Waals surface area contributed by atoms with Crippen molar-refractivity contribution < 1.29 is 13.6 Å². The Morgan fingerprint density at radius 1 is 1.32 bits per heavy atom. The van der Waals surface area contributed by atoms with E-state index in [1.165, 1.54) is 0 Å². The van der Waals surface area contributed by atoms with Crippen LogP contribution >= 0.6 is 11.6 Å². The molecule has 1 aromatic rings. The fraction of sp³-hybridized carbons (Fsp3) is 0.538. The van der Waals surface area contributed by atoms with Gasteiger partial charge in [-0.05, 0) is 30.9 Å². The van der Waals surface area contributed by atoms with E-state index in [0.717, 1.165) is 5.56 Å². The average molecular weight is 289 g/mol. The SMILES string of the molecule is NC(=O)C1(Cc2ccc(Cl)nc2)CCC(F)(F)CC1. The second-order valence-electron chi connectivity index (χ2n) is 5.17. The number of halogens is 3. The van der Waals surface area contributed by atoms with Crippen LogP contribution in [0.15, 0.2) is 18.3 Å². The third-order valence-corrected chi connectivity index (χ3v) is 4.02. The molecule has 1 amide bonds. The van der Waals surface area contributed by atoms with Crippen molar-refractivity contribution >= 4 is 17.5 Å². The van der Waals surface area contributed by atoms with Gasteiger partial charge in [-0.1, -0.05) is 17.7 Å². The summed E-state index contributed by atoms with van der Waals surface area (Å²) in [6.45, 7) is 0. The number of pyridine rings is 1. The lowest BCUT2D eigenvalue weighted by atomic mass is 9.69. The lowest BCUT2D eigenvalue weighted by Crippen LogP contribution is -2.44. The summed E-state index contributed by atoms with van der Waals surface area (Å²) < 4.78 is 26.4. The van der Waals surface area contributed by atoms with E-state index >= 15 is 0 Å². The first-order valence-corrected chi connectivity index (χ1v) is 6.49. The maximum Gasteiger partial charge on any atom is 0.248 e. The largest absolute Gasteiger partial charge is 0.369 e. The number of alkyl halides is 2. The molecule has 0 aliphatic heterocycles. The van der Waals surface area contributed by atoms with Crippen LogP contribution in [-0.2, 0) is 11.2 Å². The number of primary amides is 1. The number of rotatable bonds is 3. The molecule has 0 bridgehead atoms. The van der Waals surface area contributed by atoms with E-state index < -0.39 is 17.2 Å². The van der Waals surface area contributed by atoms with E-state index in [9.17, 15) is 13.6 Å². The first-order chi connectivity index (χ1) is 8.83. The van der Waals surface area contributed by atoms with E-state index in [-0.39, 0.29) is 25.7 Å². The van der Waals surface area contributed by atoms with Crippen LogP contribution in [0.2, 0.25) is 5.15 Å². The average Bonchev–Trinajstić information content (AvgIpc) is 2.35. The number of carbonyl (C=O) groups is 1. The molecule has 0 saturated heterocycles. The van der Waals surface area contributed by atoms with E-state index in [1.54, 1.807) is 18.3 Å². The molecule has 0 unspecified atom stereocenters. The van der Waals surface area contributed by atoms with Crippen molar-refractivity contribution in [2.75, 3.05) is 0 Å². The van der Waals surface area contributed by atoms with Gasteiger partial charge in [0.2, 0.25) is 11.8 Å². The number of nitrogens with two attached hydrogens (primary N) is 1. The molecule has 104 valence electrons. The number of hydrogen-bond donors (Lipinski definition) is 1. The summed E-state index contributed by atoms with van der Waals surface area (Å²) in [6.07, 6.45) is 1.52. The Morgan fingerprint density at radius 3 is 2.42 bits per heavy atom. The number of amides is 1. The highest BCUT2D eigenvalue weighted by Gasteiger charge is 2.46. The minimum atomic E-state index is -2.68. The Bertz CT molecular complexity index is 466.